The molecule has 0 radical (unpaired) electrons. The Morgan fingerprint density at radius 1 is 1.32 bits per heavy atom. The fourth-order valence-corrected chi connectivity index (χ4v) is 3.61. The molecule has 1 aromatic carbocycles. The number of benzene rings is 1. The minimum atomic E-state index is -0.158. The van der Waals surface area contributed by atoms with E-state index in [4.69, 9.17) is 10.8 Å². The molecule has 2 aliphatic carbocycles. The SMILES string of the molecule is Cc1cccc(C2(C(=N)N(C)C=N)CC3(CC3)C2)c1. The van der Waals surface area contributed by atoms with Crippen LogP contribution in [-0.2, 0) is 5.41 Å². The maximum atomic E-state index is 8.49. The molecular weight excluding hydrogens is 234 g/mol. The van der Waals surface area contributed by atoms with E-state index in [9.17, 15) is 0 Å². The van der Waals surface area contributed by atoms with Crippen LogP contribution in [0.5, 0.6) is 0 Å². The van der Waals surface area contributed by atoms with Gasteiger partial charge in [0.1, 0.15) is 5.84 Å². The van der Waals surface area contributed by atoms with Crippen molar-refractivity contribution in [1.29, 1.82) is 10.8 Å². The Bertz CT molecular complexity index is 535. The monoisotopic (exact) mass is 255 g/mol. The molecule has 2 aliphatic rings. The summed E-state index contributed by atoms with van der Waals surface area (Å²) in [7, 11) is 1.81. The molecule has 0 unspecified atom stereocenters. The van der Waals surface area contributed by atoms with E-state index in [2.05, 4.69) is 31.2 Å². The minimum absolute atomic E-state index is 0.158. The van der Waals surface area contributed by atoms with Gasteiger partial charge in [-0.1, -0.05) is 29.8 Å². The molecule has 100 valence electrons. The Morgan fingerprint density at radius 3 is 2.53 bits per heavy atom. The lowest BCUT2D eigenvalue weighted by atomic mass is 9.55. The van der Waals surface area contributed by atoms with Gasteiger partial charge in [0.15, 0.2) is 0 Å². The van der Waals surface area contributed by atoms with Gasteiger partial charge >= 0.3 is 0 Å². The van der Waals surface area contributed by atoms with Crippen molar-refractivity contribution in [2.75, 3.05) is 7.05 Å². The zero-order valence-corrected chi connectivity index (χ0v) is 11.7. The highest BCUT2D eigenvalue weighted by molar-refractivity contribution is 5.98. The maximum Gasteiger partial charge on any atom is 0.112 e. The molecule has 0 atom stereocenters. The lowest BCUT2D eigenvalue weighted by Crippen LogP contribution is -2.53. The molecule has 1 aromatic rings. The second-order valence-corrected chi connectivity index (χ2v) is 6.39. The van der Waals surface area contributed by atoms with E-state index in [0.29, 0.717) is 11.3 Å². The first-order valence-electron chi connectivity index (χ1n) is 6.91. The van der Waals surface area contributed by atoms with Gasteiger partial charge in [-0.25, -0.2) is 0 Å². The molecule has 2 N–H and O–H groups in total. The smallest absolute Gasteiger partial charge is 0.112 e. The van der Waals surface area contributed by atoms with Crippen molar-refractivity contribution in [3.05, 3.63) is 35.4 Å². The summed E-state index contributed by atoms with van der Waals surface area (Å²) in [4.78, 5) is 1.65. The Balaban J connectivity index is 1.98. The van der Waals surface area contributed by atoms with Crippen molar-refractivity contribution < 1.29 is 0 Å². The molecule has 2 fully saturated rings. The van der Waals surface area contributed by atoms with E-state index < -0.39 is 0 Å². The minimum Gasteiger partial charge on any atom is -0.324 e. The number of rotatable bonds is 3. The third kappa shape index (κ3) is 1.79. The van der Waals surface area contributed by atoms with Gasteiger partial charge in [-0.2, -0.15) is 0 Å². The van der Waals surface area contributed by atoms with Crippen molar-refractivity contribution in [2.45, 2.75) is 38.0 Å². The lowest BCUT2D eigenvalue weighted by molar-refractivity contribution is 0.174. The summed E-state index contributed by atoms with van der Waals surface area (Å²) in [5.74, 6) is 0.575. The molecule has 19 heavy (non-hydrogen) atoms. The van der Waals surface area contributed by atoms with Crippen LogP contribution in [0.2, 0.25) is 0 Å². The van der Waals surface area contributed by atoms with E-state index in [1.54, 1.807) is 4.90 Å². The van der Waals surface area contributed by atoms with Crippen molar-refractivity contribution in [3.63, 3.8) is 0 Å². The molecule has 3 heteroatoms. The van der Waals surface area contributed by atoms with E-state index in [1.165, 1.54) is 30.3 Å². The summed E-state index contributed by atoms with van der Waals surface area (Å²) in [5, 5.41) is 15.9. The highest BCUT2D eigenvalue weighted by atomic mass is 15.2. The first-order chi connectivity index (χ1) is 9.01. The van der Waals surface area contributed by atoms with Crippen LogP contribution in [0.15, 0.2) is 24.3 Å². The first kappa shape index (κ1) is 12.4. The van der Waals surface area contributed by atoms with Crippen LogP contribution in [0.3, 0.4) is 0 Å². The van der Waals surface area contributed by atoms with E-state index in [0.717, 1.165) is 12.8 Å². The van der Waals surface area contributed by atoms with Crippen molar-refractivity contribution in [3.8, 4) is 0 Å². The van der Waals surface area contributed by atoms with Crippen LogP contribution >= 0.6 is 0 Å². The third-order valence-corrected chi connectivity index (χ3v) is 4.88. The molecule has 3 nitrogen and oxygen atoms in total. The Hall–Kier alpha value is -1.64. The topological polar surface area (TPSA) is 50.9 Å². The predicted octanol–water partition coefficient (Wildman–Crippen LogP) is 3.32. The summed E-state index contributed by atoms with van der Waals surface area (Å²) in [6, 6.07) is 8.55. The first-order valence-corrected chi connectivity index (χ1v) is 6.91. The van der Waals surface area contributed by atoms with Crippen LogP contribution in [0.4, 0.5) is 0 Å². The van der Waals surface area contributed by atoms with Crippen LogP contribution < -0.4 is 0 Å². The van der Waals surface area contributed by atoms with Crippen LogP contribution in [0.1, 0.15) is 36.8 Å². The van der Waals surface area contributed by atoms with Gasteiger partial charge in [0, 0.05) is 7.05 Å². The highest BCUT2D eigenvalue weighted by Gasteiger charge is 2.63. The Morgan fingerprint density at radius 2 is 2.00 bits per heavy atom. The number of amidine groups is 1. The third-order valence-electron chi connectivity index (χ3n) is 4.88. The van der Waals surface area contributed by atoms with Gasteiger partial charge in [0.25, 0.3) is 0 Å². The summed E-state index contributed by atoms with van der Waals surface area (Å²) in [6.07, 6.45) is 6.06. The molecule has 0 amide bonds. The normalized spacial score (nSPS) is 21.6. The summed E-state index contributed by atoms with van der Waals surface area (Å²) >= 11 is 0. The molecule has 0 heterocycles. The van der Waals surface area contributed by atoms with Gasteiger partial charge in [-0.3, -0.25) is 10.8 Å². The maximum absolute atomic E-state index is 8.49. The predicted molar refractivity (Wildman–Crippen MR) is 78.0 cm³/mol. The van der Waals surface area contributed by atoms with Crippen molar-refractivity contribution in [2.24, 2.45) is 5.41 Å². The van der Waals surface area contributed by atoms with E-state index in [1.807, 2.05) is 7.05 Å². The standard InChI is InChI=1S/C16H21N3/c1-12-4-3-5-13(8-12)16(14(18)19(2)11-17)9-15(10-16)6-7-15/h3-5,8,11,17-18H,6-7,9-10H2,1-2H3. The average Bonchev–Trinajstić information content (AvgIpc) is 3.15. The number of likely N-dealkylation sites (N-methyl/N-ethyl adjacent to an activating group) is 1. The molecule has 0 bridgehead atoms. The van der Waals surface area contributed by atoms with Gasteiger partial charge in [0.05, 0.1) is 11.8 Å². The highest BCUT2D eigenvalue weighted by Crippen LogP contribution is 2.69. The van der Waals surface area contributed by atoms with Gasteiger partial charge in [-0.05, 0) is 43.6 Å². The summed E-state index contributed by atoms with van der Waals surface area (Å²) in [6.45, 7) is 2.10. The van der Waals surface area contributed by atoms with Gasteiger partial charge < -0.3 is 4.90 Å². The second kappa shape index (κ2) is 3.92. The number of nitrogens with one attached hydrogen (secondary N) is 2. The van der Waals surface area contributed by atoms with Crippen LogP contribution in [0, 0.1) is 23.2 Å². The Labute approximate surface area is 114 Å². The van der Waals surface area contributed by atoms with Crippen LogP contribution in [0.25, 0.3) is 0 Å². The number of hydrogen-bond acceptors (Lipinski definition) is 2. The quantitative estimate of drug-likeness (QED) is 0.631. The van der Waals surface area contributed by atoms with Crippen molar-refractivity contribution >= 4 is 12.2 Å². The zero-order chi connectivity index (χ0) is 13.7. The van der Waals surface area contributed by atoms with Gasteiger partial charge in [0.2, 0.25) is 0 Å². The molecule has 0 saturated heterocycles. The zero-order valence-electron chi connectivity index (χ0n) is 11.7. The lowest BCUT2D eigenvalue weighted by Gasteiger charge is -2.50. The largest absolute Gasteiger partial charge is 0.324 e. The fourth-order valence-electron chi connectivity index (χ4n) is 3.61. The van der Waals surface area contributed by atoms with E-state index in [-0.39, 0.29) is 5.41 Å². The average molecular weight is 255 g/mol. The summed E-state index contributed by atoms with van der Waals surface area (Å²) < 4.78 is 0. The molecule has 0 aliphatic heterocycles. The number of hydrogen-bond donors (Lipinski definition) is 2. The molecule has 2 saturated carbocycles. The van der Waals surface area contributed by atoms with Crippen LogP contribution in [-0.4, -0.2) is 24.1 Å². The summed E-state index contributed by atoms with van der Waals surface area (Å²) in [5.41, 5.74) is 2.87. The molecular formula is C16H21N3. The van der Waals surface area contributed by atoms with Gasteiger partial charge in [-0.15, -0.1) is 0 Å². The number of aryl methyl sites for hydroxylation is 1. The molecule has 0 aromatic heterocycles. The van der Waals surface area contributed by atoms with Crippen molar-refractivity contribution in [1.82, 2.24) is 4.90 Å². The molecule has 1 spiro atoms. The number of nitrogens with zero attached hydrogens (tertiary/aromatic N) is 1. The van der Waals surface area contributed by atoms with E-state index >= 15 is 0 Å². The second-order valence-electron chi connectivity index (χ2n) is 6.39. The molecule has 3 rings (SSSR count). The Kier molecular flexibility index (Phi) is 2.56. The fraction of sp³-hybridized carbons (Fsp3) is 0.500.